The van der Waals surface area contributed by atoms with Gasteiger partial charge in [-0.1, -0.05) is 6.07 Å². The number of rotatable bonds is 4. The second-order valence-corrected chi connectivity index (χ2v) is 5.70. The maximum absolute atomic E-state index is 12.7. The number of benzene rings is 1. The van der Waals surface area contributed by atoms with Crippen LogP contribution < -0.4 is 0 Å². The Morgan fingerprint density at radius 2 is 2.33 bits per heavy atom. The van der Waals surface area contributed by atoms with Gasteiger partial charge in [0, 0.05) is 19.9 Å². The van der Waals surface area contributed by atoms with Crippen LogP contribution in [0.25, 0.3) is 5.69 Å². The average molecular weight is 326 g/mol. The molecule has 1 fully saturated rings. The zero-order chi connectivity index (χ0) is 17.1. The van der Waals surface area contributed by atoms with Gasteiger partial charge in [0.05, 0.1) is 36.1 Å². The molecule has 0 radical (unpaired) electrons. The number of aromatic nitrogens is 2. The highest BCUT2D eigenvalue weighted by molar-refractivity contribution is 5.92. The van der Waals surface area contributed by atoms with Gasteiger partial charge in [-0.15, -0.1) is 0 Å². The van der Waals surface area contributed by atoms with Gasteiger partial charge < -0.3 is 14.7 Å². The predicted octanol–water partition coefficient (Wildman–Crippen LogP) is 0.966. The summed E-state index contributed by atoms with van der Waals surface area (Å²) in [4.78, 5) is 14.3. The Balaban J connectivity index is 1.82. The molecule has 2 atom stereocenters. The molecule has 1 amide bonds. The van der Waals surface area contributed by atoms with Crippen molar-refractivity contribution in [1.29, 1.82) is 5.26 Å². The molecule has 1 aliphatic rings. The number of aliphatic hydroxyl groups excluding tert-OH is 1. The lowest BCUT2D eigenvalue weighted by Gasteiger charge is -2.21. The Morgan fingerprint density at radius 3 is 3.04 bits per heavy atom. The smallest absolute Gasteiger partial charge is 0.274 e. The second kappa shape index (κ2) is 6.83. The SMILES string of the molecule is CO[C@@H]1C[C@@H](CO)N(C(=O)c2ccn(-c3cccc(C#N)c3)n2)C1. The second-order valence-electron chi connectivity index (χ2n) is 5.70. The molecular formula is C17H18N4O3. The van der Waals surface area contributed by atoms with Crippen LogP contribution in [-0.4, -0.2) is 58.1 Å². The van der Waals surface area contributed by atoms with Crippen molar-refractivity contribution >= 4 is 5.91 Å². The lowest BCUT2D eigenvalue weighted by atomic mass is 10.2. The fraction of sp³-hybridized carbons (Fsp3) is 0.353. The van der Waals surface area contributed by atoms with Gasteiger partial charge in [0.1, 0.15) is 0 Å². The normalized spacial score (nSPS) is 20.1. The number of aliphatic hydroxyl groups is 1. The maximum Gasteiger partial charge on any atom is 0.274 e. The van der Waals surface area contributed by atoms with Crippen LogP contribution >= 0.6 is 0 Å². The molecule has 0 saturated carbocycles. The highest BCUT2D eigenvalue weighted by atomic mass is 16.5. The van der Waals surface area contributed by atoms with Gasteiger partial charge in [-0.3, -0.25) is 4.79 Å². The third-order valence-electron chi connectivity index (χ3n) is 4.23. The van der Waals surface area contributed by atoms with Crippen molar-refractivity contribution in [3.63, 3.8) is 0 Å². The molecule has 3 rings (SSSR count). The van der Waals surface area contributed by atoms with E-state index in [4.69, 9.17) is 10.00 Å². The molecule has 0 unspecified atom stereocenters. The minimum Gasteiger partial charge on any atom is -0.394 e. The van der Waals surface area contributed by atoms with Crippen molar-refractivity contribution < 1.29 is 14.6 Å². The highest BCUT2D eigenvalue weighted by Gasteiger charge is 2.36. The van der Waals surface area contributed by atoms with Gasteiger partial charge in [-0.05, 0) is 30.7 Å². The molecule has 24 heavy (non-hydrogen) atoms. The number of methoxy groups -OCH3 is 1. The minimum atomic E-state index is -0.255. The third-order valence-corrected chi connectivity index (χ3v) is 4.23. The highest BCUT2D eigenvalue weighted by Crippen LogP contribution is 2.22. The van der Waals surface area contributed by atoms with Crippen LogP contribution in [0.15, 0.2) is 36.5 Å². The average Bonchev–Trinajstić information content (AvgIpc) is 3.28. The summed E-state index contributed by atoms with van der Waals surface area (Å²) in [5, 5.41) is 22.8. The third kappa shape index (κ3) is 3.02. The molecule has 1 aliphatic heterocycles. The van der Waals surface area contributed by atoms with Crippen LogP contribution in [-0.2, 0) is 4.74 Å². The Labute approximate surface area is 139 Å². The first-order valence-electron chi connectivity index (χ1n) is 7.67. The van der Waals surface area contributed by atoms with E-state index in [1.165, 1.54) is 0 Å². The van der Waals surface area contributed by atoms with Gasteiger partial charge in [-0.25, -0.2) is 4.68 Å². The van der Waals surface area contributed by atoms with Gasteiger partial charge in [-0.2, -0.15) is 10.4 Å². The van der Waals surface area contributed by atoms with Gasteiger partial charge in [0.25, 0.3) is 5.91 Å². The van der Waals surface area contributed by atoms with Crippen LogP contribution in [0.4, 0.5) is 0 Å². The summed E-state index contributed by atoms with van der Waals surface area (Å²) >= 11 is 0. The molecule has 0 spiro atoms. The largest absolute Gasteiger partial charge is 0.394 e. The maximum atomic E-state index is 12.7. The Morgan fingerprint density at radius 1 is 1.50 bits per heavy atom. The van der Waals surface area contributed by atoms with E-state index in [1.807, 2.05) is 6.07 Å². The first-order chi connectivity index (χ1) is 11.7. The molecular weight excluding hydrogens is 308 g/mol. The summed E-state index contributed by atoms with van der Waals surface area (Å²) in [6.07, 6.45) is 2.23. The van der Waals surface area contributed by atoms with Crippen LogP contribution in [0.3, 0.4) is 0 Å². The van der Waals surface area contributed by atoms with Crippen molar-refractivity contribution in [2.24, 2.45) is 0 Å². The van der Waals surface area contributed by atoms with Crippen molar-refractivity contribution in [2.45, 2.75) is 18.6 Å². The van der Waals surface area contributed by atoms with Crippen LogP contribution in [0, 0.1) is 11.3 Å². The number of nitrogens with zero attached hydrogens (tertiary/aromatic N) is 4. The molecule has 0 aliphatic carbocycles. The lowest BCUT2D eigenvalue weighted by molar-refractivity contribution is 0.0641. The predicted molar refractivity (Wildman–Crippen MR) is 85.6 cm³/mol. The minimum absolute atomic E-state index is 0.0690. The Hall–Kier alpha value is -2.69. The summed E-state index contributed by atoms with van der Waals surface area (Å²) in [6.45, 7) is 0.341. The lowest BCUT2D eigenvalue weighted by Crippen LogP contribution is -2.38. The Bertz CT molecular complexity index is 780. The number of hydrogen-bond donors (Lipinski definition) is 1. The van der Waals surface area contributed by atoms with E-state index in [2.05, 4.69) is 11.2 Å². The van der Waals surface area contributed by atoms with Crippen molar-refractivity contribution in [1.82, 2.24) is 14.7 Å². The van der Waals surface area contributed by atoms with E-state index in [0.29, 0.717) is 29.9 Å². The van der Waals surface area contributed by atoms with Crippen LogP contribution in [0.2, 0.25) is 0 Å². The molecule has 7 heteroatoms. The van der Waals surface area contributed by atoms with Crippen LogP contribution in [0.5, 0.6) is 0 Å². The molecule has 2 aromatic rings. The van der Waals surface area contributed by atoms with E-state index in [1.54, 1.807) is 47.2 Å². The monoisotopic (exact) mass is 326 g/mol. The molecule has 0 bridgehead atoms. The van der Waals surface area contributed by atoms with E-state index < -0.39 is 0 Å². The number of ether oxygens (including phenoxy) is 1. The van der Waals surface area contributed by atoms with E-state index in [0.717, 1.165) is 0 Å². The number of carbonyl (C=O) groups is 1. The number of likely N-dealkylation sites (tertiary alicyclic amines) is 1. The standard InChI is InChI=1S/C17H18N4O3/c1-24-15-8-14(11-22)20(10-15)17(23)16-5-6-21(19-16)13-4-2-3-12(7-13)9-18/h2-7,14-15,22H,8,10-11H2,1H3/t14-,15+/m0/s1. The summed E-state index contributed by atoms with van der Waals surface area (Å²) in [5.41, 5.74) is 1.54. The van der Waals surface area contributed by atoms with E-state index in [9.17, 15) is 9.90 Å². The number of hydrogen-bond acceptors (Lipinski definition) is 5. The first-order valence-corrected chi connectivity index (χ1v) is 7.67. The van der Waals surface area contributed by atoms with Crippen molar-refractivity contribution in [3.05, 3.63) is 47.8 Å². The molecule has 7 nitrogen and oxygen atoms in total. The molecule has 2 heterocycles. The van der Waals surface area contributed by atoms with E-state index >= 15 is 0 Å². The molecule has 124 valence electrons. The number of carbonyl (C=O) groups excluding carboxylic acids is 1. The zero-order valence-corrected chi connectivity index (χ0v) is 13.3. The quantitative estimate of drug-likeness (QED) is 0.904. The molecule has 1 aromatic heterocycles. The van der Waals surface area contributed by atoms with Gasteiger partial charge in [0.2, 0.25) is 0 Å². The Kier molecular flexibility index (Phi) is 4.60. The van der Waals surface area contributed by atoms with Gasteiger partial charge >= 0.3 is 0 Å². The van der Waals surface area contributed by atoms with E-state index in [-0.39, 0.29) is 24.7 Å². The molecule has 1 saturated heterocycles. The topological polar surface area (TPSA) is 91.4 Å². The fourth-order valence-corrected chi connectivity index (χ4v) is 2.91. The zero-order valence-electron chi connectivity index (χ0n) is 13.3. The van der Waals surface area contributed by atoms with Crippen molar-refractivity contribution in [2.75, 3.05) is 20.3 Å². The van der Waals surface area contributed by atoms with Gasteiger partial charge in [0.15, 0.2) is 5.69 Å². The molecule has 1 N–H and O–H groups in total. The summed E-state index contributed by atoms with van der Waals surface area (Å²) in [5.74, 6) is -0.233. The summed E-state index contributed by atoms with van der Waals surface area (Å²) in [7, 11) is 1.60. The number of amides is 1. The van der Waals surface area contributed by atoms with Crippen molar-refractivity contribution in [3.8, 4) is 11.8 Å². The summed E-state index contributed by atoms with van der Waals surface area (Å²) < 4.78 is 6.86. The summed E-state index contributed by atoms with van der Waals surface area (Å²) in [6, 6.07) is 10.5. The fourth-order valence-electron chi connectivity index (χ4n) is 2.91. The molecule has 1 aromatic carbocycles. The first kappa shape index (κ1) is 16.2. The van der Waals surface area contributed by atoms with Crippen LogP contribution in [0.1, 0.15) is 22.5 Å². The number of nitriles is 1.